The van der Waals surface area contributed by atoms with Crippen molar-refractivity contribution in [3.8, 4) is 0 Å². The van der Waals surface area contributed by atoms with E-state index in [0.717, 1.165) is 11.6 Å². The highest BCUT2D eigenvalue weighted by Crippen LogP contribution is 2.17. The van der Waals surface area contributed by atoms with E-state index >= 15 is 0 Å². The van der Waals surface area contributed by atoms with Crippen LogP contribution < -0.4 is 0 Å². The van der Waals surface area contributed by atoms with Gasteiger partial charge >= 0.3 is 0 Å². The third kappa shape index (κ3) is 4.10. The van der Waals surface area contributed by atoms with Gasteiger partial charge in [0.25, 0.3) is 0 Å². The zero-order chi connectivity index (χ0) is 14.5. The van der Waals surface area contributed by atoms with Gasteiger partial charge in [-0.2, -0.15) is 0 Å². The average Bonchev–Trinajstić information content (AvgIpc) is 2.39. The summed E-state index contributed by atoms with van der Waals surface area (Å²) >= 11 is 0. The summed E-state index contributed by atoms with van der Waals surface area (Å²) in [6, 6.07) is 9.33. The molecule has 0 aliphatic rings. The fourth-order valence-corrected chi connectivity index (χ4v) is 2.22. The molecule has 20 heavy (non-hydrogen) atoms. The van der Waals surface area contributed by atoms with Gasteiger partial charge in [-0.1, -0.05) is 12.1 Å². The maximum atomic E-state index is 13.1. The van der Waals surface area contributed by atoms with Crippen molar-refractivity contribution < 1.29 is 18.3 Å². The number of aliphatic hydroxyl groups excluding tert-OH is 1. The van der Waals surface area contributed by atoms with Crippen LogP contribution in [0.5, 0.6) is 0 Å². The van der Waals surface area contributed by atoms with Crippen molar-refractivity contribution in [2.75, 3.05) is 6.61 Å². The largest absolute Gasteiger partial charge is 0.396 e. The van der Waals surface area contributed by atoms with Gasteiger partial charge in [-0.3, -0.25) is 0 Å². The maximum absolute atomic E-state index is 13.1. The van der Waals surface area contributed by atoms with Gasteiger partial charge in [0.1, 0.15) is 17.5 Å². The molecule has 0 amide bonds. The smallest absolute Gasteiger partial charge is 0.126 e. The number of hydrogen-bond acceptors (Lipinski definition) is 1. The summed E-state index contributed by atoms with van der Waals surface area (Å²) in [5.41, 5.74) is 1.38. The van der Waals surface area contributed by atoms with Crippen LogP contribution in [0.2, 0.25) is 0 Å². The molecule has 4 heteroatoms. The Balaban J connectivity index is 2.06. The third-order valence-electron chi connectivity index (χ3n) is 3.14. The van der Waals surface area contributed by atoms with E-state index in [1.165, 1.54) is 24.3 Å². The second kappa shape index (κ2) is 6.57. The summed E-state index contributed by atoms with van der Waals surface area (Å²) < 4.78 is 39.0. The predicted molar refractivity (Wildman–Crippen MR) is 70.7 cm³/mol. The Morgan fingerprint density at radius 3 is 1.85 bits per heavy atom. The van der Waals surface area contributed by atoms with Crippen LogP contribution in [0.1, 0.15) is 11.1 Å². The van der Waals surface area contributed by atoms with Gasteiger partial charge in [0.15, 0.2) is 0 Å². The molecule has 0 radical (unpaired) electrons. The second-order valence-corrected chi connectivity index (χ2v) is 4.86. The first-order chi connectivity index (χ1) is 9.56. The van der Waals surface area contributed by atoms with Gasteiger partial charge in [-0.15, -0.1) is 0 Å². The van der Waals surface area contributed by atoms with Gasteiger partial charge in [-0.05, 0) is 54.2 Å². The van der Waals surface area contributed by atoms with Gasteiger partial charge < -0.3 is 5.11 Å². The molecule has 2 aromatic rings. The van der Waals surface area contributed by atoms with E-state index in [2.05, 4.69) is 0 Å². The molecule has 1 nitrogen and oxygen atoms in total. The number of halogens is 3. The minimum atomic E-state index is -0.626. The summed E-state index contributed by atoms with van der Waals surface area (Å²) in [7, 11) is 0. The minimum Gasteiger partial charge on any atom is -0.396 e. The van der Waals surface area contributed by atoms with Gasteiger partial charge in [-0.25, -0.2) is 13.2 Å². The first kappa shape index (κ1) is 14.6. The van der Waals surface area contributed by atoms with E-state index in [0.29, 0.717) is 18.4 Å². The van der Waals surface area contributed by atoms with Crippen LogP contribution in [0.3, 0.4) is 0 Å². The SMILES string of the molecule is OCC(Cc1ccc(F)cc1)Cc1cc(F)cc(F)c1. The standard InChI is InChI=1S/C16H15F3O/c17-14-3-1-11(2-4-14)5-13(10-20)6-12-7-15(18)9-16(19)8-12/h1-4,7-9,13,20H,5-6,10H2. The lowest BCUT2D eigenvalue weighted by molar-refractivity contribution is 0.224. The van der Waals surface area contributed by atoms with Crippen molar-refractivity contribution >= 4 is 0 Å². The molecule has 0 spiro atoms. The Morgan fingerprint density at radius 2 is 1.30 bits per heavy atom. The topological polar surface area (TPSA) is 20.2 Å². The summed E-state index contributed by atoms with van der Waals surface area (Å²) in [5, 5.41) is 9.38. The van der Waals surface area contributed by atoms with E-state index in [9.17, 15) is 18.3 Å². The Labute approximate surface area is 115 Å². The molecule has 1 atom stereocenters. The molecule has 2 rings (SSSR count). The van der Waals surface area contributed by atoms with Crippen LogP contribution in [0, 0.1) is 23.4 Å². The normalized spacial score (nSPS) is 12.4. The quantitative estimate of drug-likeness (QED) is 0.888. The highest BCUT2D eigenvalue weighted by atomic mass is 19.1. The molecule has 0 saturated carbocycles. The molecule has 2 aromatic carbocycles. The highest BCUT2D eigenvalue weighted by Gasteiger charge is 2.11. The molecule has 1 N–H and O–H groups in total. The van der Waals surface area contributed by atoms with E-state index in [1.54, 1.807) is 12.1 Å². The number of rotatable bonds is 5. The lowest BCUT2D eigenvalue weighted by atomic mass is 9.93. The van der Waals surface area contributed by atoms with E-state index in [4.69, 9.17) is 0 Å². The average molecular weight is 280 g/mol. The fraction of sp³-hybridized carbons (Fsp3) is 0.250. The van der Waals surface area contributed by atoms with E-state index in [1.807, 2.05) is 0 Å². The van der Waals surface area contributed by atoms with Gasteiger partial charge in [0, 0.05) is 12.7 Å². The van der Waals surface area contributed by atoms with Crippen LogP contribution in [-0.4, -0.2) is 11.7 Å². The Morgan fingerprint density at radius 1 is 0.750 bits per heavy atom. The minimum absolute atomic E-state index is 0.102. The van der Waals surface area contributed by atoms with Gasteiger partial charge in [0.05, 0.1) is 0 Å². The van der Waals surface area contributed by atoms with E-state index < -0.39 is 11.6 Å². The lowest BCUT2D eigenvalue weighted by Gasteiger charge is -2.14. The molecule has 106 valence electrons. The first-order valence-electron chi connectivity index (χ1n) is 6.37. The summed E-state index contributed by atoms with van der Waals surface area (Å²) in [6.45, 7) is -0.102. The summed E-state index contributed by atoms with van der Waals surface area (Å²) in [5.74, 6) is -1.74. The number of hydrogen-bond donors (Lipinski definition) is 1. The predicted octanol–water partition coefficient (Wildman–Crippen LogP) is 3.50. The van der Waals surface area contributed by atoms with Crippen molar-refractivity contribution in [2.24, 2.45) is 5.92 Å². The van der Waals surface area contributed by atoms with E-state index in [-0.39, 0.29) is 18.3 Å². The number of benzene rings is 2. The second-order valence-electron chi connectivity index (χ2n) is 4.86. The molecule has 0 aliphatic heterocycles. The van der Waals surface area contributed by atoms with Crippen molar-refractivity contribution in [2.45, 2.75) is 12.8 Å². The Bertz CT molecular complexity index is 546. The molecular formula is C16H15F3O. The van der Waals surface area contributed by atoms with Crippen molar-refractivity contribution in [1.82, 2.24) is 0 Å². The molecular weight excluding hydrogens is 265 g/mol. The first-order valence-corrected chi connectivity index (χ1v) is 6.37. The lowest BCUT2D eigenvalue weighted by Crippen LogP contribution is -2.13. The van der Waals surface area contributed by atoms with Gasteiger partial charge in [0.2, 0.25) is 0 Å². The molecule has 0 bridgehead atoms. The summed E-state index contributed by atoms with van der Waals surface area (Å²) in [4.78, 5) is 0. The van der Waals surface area contributed by atoms with Crippen molar-refractivity contribution in [1.29, 1.82) is 0 Å². The summed E-state index contributed by atoms with van der Waals surface area (Å²) in [6.07, 6.45) is 0.886. The van der Waals surface area contributed by atoms with Crippen molar-refractivity contribution in [3.05, 3.63) is 71.0 Å². The molecule has 0 fully saturated rings. The molecule has 1 unspecified atom stereocenters. The molecule has 0 aromatic heterocycles. The van der Waals surface area contributed by atoms with Crippen LogP contribution in [-0.2, 0) is 12.8 Å². The maximum Gasteiger partial charge on any atom is 0.126 e. The van der Waals surface area contributed by atoms with Crippen LogP contribution in [0.15, 0.2) is 42.5 Å². The highest BCUT2D eigenvalue weighted by molar-refractivity contribution is 5.20. The zero-order valence-electron chi connectivity index (χ0n) is 10.8. The number of aliphatic hydroxyl groups is 1. The molecule has 0 saturated heterocycles. The molecule has 0 aliphatic carbocycles. The monoisotopic (exact) mass is 280 g/mol. The third-order valence-corrected chi connectivity index (χ3v) is 3.14. The fourth-order valence-electron chi connectivity index (χ4n) is 2.22. The Kier molecular flexibility index (Phi) is 4.79. The van der Waals surface area contributed by atoms with Crippen LogP contribution >= 0.6 is 0 Å². The van der Waals surface area contributed by atoms with Crippen LogP contribution in [0.4, 0.5) is 13.2 Å². The Hall–Kier alpha value is -1.81. The van der Waals surface area contributed by atoms with Crippen molar-refractivity contribution in [3.63, 3.8) is 0 Å². The molecule has 0 heterocycles. The van der Waals surface area contributed by atoms with Crippen LogP contribution in [0.25, 0.3) is 0 Å². The zero-order valence-corrected chi connectivity index (χ0v) is 10.8.